The van der Waals surface area contributed by atoms with Crippen LogP contribution in [0.1, 0.15) is 38.9 Å². The molecule has 0 fully saturated rings. The first kappa shape index (κ1) is 14.1. The third-order valence-corrected chi connectivity index (χ3v) is 2.86. The average molecular weight is 254 g/mol. The van der Waals surface area contributed by atoms with E-state index in [4.69, 9.17) is 0 Å². The van der Waals surface area contributed by atoms with Crippen molar-refractivity contribution in [3.05, 3.63) is 22.0 Å². The maximum Gasteiger partial charge on any atom is 0.309 e. The standard InChI is InChI=1S/C11H18N4O3/c1-5-7(2)12-11(16)9(4)14-6-10(15(17)18)8(3)13-14/h6-7,9H,5H2,1-4H3,(H,12,16). The highest BCUT2D eigenvalue weighted by Gasteiger charge is 2.22. The van der Waals surface area contributed by atoms with E-state index in [9.17, 15) is 14.9 Å². The van der Waals surface area contributed by atoms with Gasteiger partial charge in [0.2, 0.25) is 5.91 Å². The molecule has 2 unspecified atom stereocenters. The predicted molar refractivity (Wildman–Crippen MR) is 66.2 cm³/mol. The Balaban J connectivity index is 2.84. The smallest absolute Gasteiger partial charge is 0.309 e. The van der Waals surface area contributed by atoms with E-state index in [0.29, 0.717) is 5.69 Å². The zero-order chi connectivity index (χ0) is 13.9. The number of hydrogen-bond donors (Lipinski definition) is 1. The first-order valence-corrected chi connectivity index (χ1v) is 5.87. The van der Waals surface area contributed by atoms with E-state index in [1.807, 2.05) is 13.8 Å². The minimum Gasteiger partial charge on any atom is -0.352 e. The molecule has 0 aliphatic heterocycles. The third-order valence-electron chi connectivity index (χ3n) is 2.86. The van der Waals surface area contributed by atoms with Crippen molar-refractivity contribution in [3.8, 4) is 0 Å². The van der Waals surface area contributed by atoms with Gasteiger partial charge in [-0.3, -0.25) is 19.6 Å². The second kappa shape index (κ2) is 5.61. The Morgan fingerprint density at radius 2 is 2.22 bits per heavy atom. The minimum absolute atomic E-state index is 0.0711. The Morgan fingerprint density at radius 1 is 1.61 bits per heavy atom. The molecule has 1 heterocycles. The number of hydrogen-bond acceptors (Lipinski definition) is 4. The Hall–Kier alpha value is -1.92. The van der Waals surface area contributed by atoms with Crippen LogP contribution < -0.4 is 5.32 Å². The van der Waals surface area contributed by atoms with E-state index in [2.05, 4.69) is 10.4 Å². The largest absolute Gasteiger partial charge is 0.352 e. The molecule has 1 rings (SSSR count). The molecule has 18 heavy (non-hydrogen) atoms. The summed E-state index contributed by atoms with van der Waals surface area (Å²) in [6, 6.07) is -0.488. The first-order chi connectivity index (χ1) is 8.36. The number of rotatable bonds is 5. The van der Waals surface area contributed by atoms with Gasteiger partial charge in [-0.2, -0.15) is 5.10 Å². The van der Waals surface area contributed by atoms with Crippen LogP contribution in [-0.2, 0) is 4.79 Å². The molecule has 100 valence electrons. The van der Waals surface area contributed by atoms with Crippen molar-refractivity contribution in [1.82, 2.24) is 15.1 Å². The molecular weight excluding hydrogens is 236 g/mol. The highest BCUT2D eigenvalue weighted by molar-refractivity contribution is 5.80. The maximum atomic E-state index is 11.9. The Morgan fingerprint density at radius 3 is 2.67 bits per heavy atom. The molecule has 1 N–H and O–H groups in total. The van der Waals surface area contributed by atoms with Crippen LogP contribution in [0.5, 0.6) is 0 Å². The van der Waals surface area contributed by atoms with Gasteiger partial charge in [0.1, 0.15) is 17.9 Å². The summed E-state index contributed by atoms with van der Waals surface area (Å²) in [5.41, 5.74) is 0.237. The third kappa shape index (κ3) is 3.06. The average Bonchev–Trinajstić information content (AvgIpc) is 2.70. The summed E-state index contributed by atoms with van der Waals surface area (Å²) < 4.78 is 1.32. The fourth-order valence-corrected chi connectivity index (χ4v) is 1.44. The van der Waals surface area contributed by atoms with Gasteiger partial charge in [0.05, 0.1) is 4.92 Å². The molecule has 1 amide bonds. The van der Waals surface area contributed by atoms with Gasteiger partial charge in [0, 0.05) is 6.04 Å². The lowest BCUT2D eigenvalue weighted by atomic mass is 10.2. The van der Waals surface area contributed by atoms with Crippen LogP contribution in [-0.4, -0.2) is 26.7 Å². The molecule has 0 radical (unpaired) electrons. The van der Waals surface area contributed by atoms with Crippen molar-refractivity contribution in [3.63, 3.8) is 0 Å². The van der Waals surface area contributed by atoms with Crippen molar-refractivity contribution in [2.24, 2.45) is 0 Å². The van der Waals surface area contributed by atoms with Gasteiger partial charge in [-0.15, -0.1) is 0 Å². The summed E-state index contributed by atoms with van der Waals surface area (Å²) >= 11 is 0. The van der Waals surface area contributed by atoms with E-state index in [-0.39, 0.29) is 17.6 Å². The number of carbonyl (C=O) groups excluding carboxylic acids is 1. The van der Waals surface area contributed by atoms with E-state index in [0.717, 1.165) is 6.42 Å². The van der Waals surface area contributed by atoms with Crippen molar-refractivity contribution in [2.75, 3.05) is 0 Å². The number of nitro groups is 1. The summed E-state index contributed by atoms with van der Waals surface area (Å²) in [7, 11) is 0. The van der Waals surface area contributed by atoms with Crippen molar-refractivity contribution < 1.29 is 9.72 Å². The highest BCUT2D eigenvalue weighted by atomic mass is 16.6. The zero-order valence-electron chi connectivity index (χ0n) is 11.0. The van der Waals surface area contributed by atoms with Crippen LogP contribution in [0, 0.1) is 17.0 Å². The van der Waals surface area contributed by atoms with Crippen molar-refractivity contribution >= 4 is 11.6 Å². The summed E-state index contributed by atoms with van der Waals surface area (Å²) in [6.07, 6.45) is 2.12. The molecule has 7 nitrogen and oxygen atoms in total. The zero-order valence-corrected chi connectivity index (χ0v) is 11.0. The van der Waals surface area contributed by atoms with Crippen LogP contribution in [0.15, 0.2) is 6.20 Å². The molecule has 2 atom stereocenters. The van der Waals surface area contributed by atoms with Gasteiger partial charge in [-0.1, -0.05) is 6.92 Å². The van der Waals surface area contributed by atoms with Crippen LogP contribution in [0.2, 0.25) is 0 Å². The van der Waals surface area contributed by atoms with E-state index in [1.165, 1.54) is 10.9 Å². The molecule has 1 aromatic rings. The van der Waals surface area contributed by atoms with Crippen molar-refractivity contribution in [2.45, 2.75) is 46.2 Å². The fourth-order valence-electron chi connectivity index (χ4n) is 1.44. The number of amides is 1. The quantitative estimate of drug-likeness (QED) is 0.638. The molecule has 0 bridgehead atoms. The number of aromatic nitrogens is 2. The molecular formula is C11H18N4O3. The molecule has 1 aromatic heterocycles. The van der Waals surface area contributed by atoms with Gasteiger partial charge < -0.3 is 5.32 Å². The molecule has 7 heteroatoms. The van der Waals surface area contributed by atoms with Crippen molar-refractivity contribution in [1.29, 1.82) is 0 Å². The summed E-state index contributed by atoms with van der Waals surface area (Å²) in [5, 5.41) is 17.5. The Labute approximate surface area is 105 Å². The number of aryl methyl sites for hydroxylation is 1. The minimum atomic E-state index is -0.564. The molecule has 0 aliphatic rings. The lowest BCUT2D eigenvalue weighted by Crippen LogP contribution is -2.37. The van der Waals surface area contributed by atoms with Gasteiger partial charge in [0.15, 0.2) is 0 Å². The Kier molecular flexibility index (Phi) is 4.41. The molecule has 0 saturated heterocycles. The SMILES string of the molecule is CCC(C)NC(=O)C(C)n1cc([N+](=O)[O-])c(C)n1. The number of nitrogens with one attached hydrogen (secondary N) is 1. The first-order valence-electron chi connectivity index (χ1n) is 5.87. The van der Waals surface area contributed by atoms with Gasteiger partial charge in [0.25, 0.3) is 0 Å². The van der Waals surface area contributed by atoms with E-state index >= 15 is 0 Å². The Bertz CT molecular complexity index is 455. The molecule has 0 aliphatic carbocycles. The second-order valence-corrected chi connectivity index (χ2v) is 4.33. The van der Waals surface area contributed by atoms with Crippen LogP contribution in [0.3, 0.4) is 0 Å². The summed E-state index contributed by atoms with van der Waals surface area (Å²) in [4.78, 5) is 22.1. The fraction of sp³-hybridized carbons (Fsp3) is 0.636. The number of carbonyl (C=O) groups is 1. The molecule has 0 aromatic carbocycles. The maximum absolute atomic E-state index is 11.9. The van der Waals surface area contributed by atoms with Crippen LogP contribution in [0.4, 0.5) is 5.69 Å². The van der Waals surface area contributed by atoms with Crippen LogP contribution in [0.25, 0.3) is 0 Å². The lowest BCUT2D eigenvalue weighted by Gasteiger charge is -2.16. The lowest BCUT2D eigenvalue weighted by molar-refractivity contribution is -0.385. The van der Waals surface area contributed by atoms with E-state index in [1.54, 1.807) is 13.8 Å². The predicted octanol–water partition coefficient (Wildman–Crippen LogP) is 1.58. The second-order valence-electron chi connectivity index (χ2n) is 4.33. The normalized spacial score (nSPS) is 14.0. The summed E-state index contributed by atoms with van der Waals surface area (Å²) in [6.45, 7) is 7.09. The van der Waals surface area contributed by atoms with Gasteiger partial charge in [-0.05, 0) is 27.2 Å². The van der Waals surface area contributed by atoms with Gasteiger partial charge in [-0.25, -0.2) is 0 Å². The molecule has 0 spiro atoms. The van der Waals surface area contributed by atoms with E-state index < -0.39 is 11.0 Å². The summed E-state index contributed by atoms with van der Waals surface area (Å²) in [5.74, 6) is -0.193. The topological polar surface area (TPSA) is 90.1 Å². The molecule has 0 saturated carbocycles. The highest BCUT2D eigenvalue weighted by Crippen LogP contribution is 2.18. The van der Waals surface area contributed by atoms with Crippen LogP contribution >= 0.6 is 0 Å². The number of nitrogens with zero attached hydrogens (tertiary/aromatic N) is 3. The van der Waals surface area contributed by atoms with Gasteiger partial charge >= 0.3 is 5.69 Å². The monoisotopic (exact) mass is 254 g/mol.